The zero-order chi connectivity index (χ0) is 16.6. The van der Waals surface area contributed by atoms with Crippen LogP contribution >= 0.6 is 15.9 Å². The van der Waals surface area contributed by atoms with E-state index in [0.717, 1.165) is 46.4 Å². The van der Waals surface area contributed by atoms with E-state index in [4.69, 9.17) is 0 Å². The summed E-state index contributed by atoms with van der Waals surface area (Å²) in [5.41, 5.74) is 5.24. The zero-order valence-corrected chi connectivity index (χ0v) is 15.4. The molecule has 4 heteroatoms. The summed E-state index contributed by atoms with van der Waals surface area (Å²) in [6.45, 7) is 5.85. The van der Waals surface area contributed by atoms with Crippen LogP contribution in [0.25, 0.3) is 0 Å². The van der Waals surface area contributed by atoms with Gasteiger partial charge >= 0.3 is 0 Å². The van der Waals surface area contributed by atoms with E-state index >= 15 is 0 Å². The fourth-order valence-electron chi connectivity index (χ4n) is 3.01. The first-order valence-corrected chi connectivity index (χ1v) is 8.73. The minimum atomic E-state index is 0.0955. The predicted molar refractivity (Wildman–Crippen MR) is 99.6 cm³/mol. The Morgan fingerprint density at radius 2 is 2.04 bits per heavy atom. The third-order valence-electron chi connectivity index (χ3n) is 4.61. The molecule has 0 fully saturated rings. The van der Waals surface area contributed by atoms with Gasteiger partial charge in [0.15, 0.2) is 0 Å². The number of nitrogens with zero attached hydrogens (tertiary/aromatic N) is 2. The summed E-state index contributed by atoms with van der Waals surface area (Å²) < 4.78 is 1.04. The first kappa shape index (κ1) is 16.1. The lowest BCUT2D eigenvalue weighted by Crippen LogP contribution is -2.38. The lowest BCUT2D eigenvalue weighted by atomic mass is 9.97. The number of rotatable bonds is 3. The van der Waals surface area contributed by atoms with Gasteiger partial charge in [-0.2, -0.15) is 0 Å². The molecule has 3 nitrogen and oxygen atoms in total. The molecule has 120 valence electrons. The predicted octanol–water partition coefficient (Wildman–Crippen LogP) is 4.42. The Morgan fingerprint density at radius 3 is 2.78 bits per heavy atom. The second-order valence-electron chi connectivity index (χ2n) is 5.95. The van der Waals surface area contributed by atoms with Crippen LogP contribution in [0.15, 0.2) is 40.9 Å². The van der Waals surface area contributed by atoms with Gasteiger partial charge in [0.25, 0.3) is 5.91 Å². The van der Waals surface area contributed by atoms with E-state index in [1.54, 1.807) is 0 Å². The maximum absolute atomic E-state index is 12.9. The Hall–Kier alpha value is -1.81. The van der Waals surface area contributed by atoms with Gasteiger partial charge in [-0.05, 0) is 61.7 Å². The smallest absolute Gasteiger partial charge is 0.258 e. The van der Waals surface area contributed by atoms with Crippen molar-refractivity contribution in [3.8, 4) is 0 Å². The summed E-state index contributed by atoms with van der Waals surface area (Å²) in [5.74, 6) is 0.0955. The average molecular weight is 373 g/mol. The number of carbonyl (C=O) groups excluding carboxylic acids is 1. The van der Waals surface area contributed by atoms with E-state index in [9.17, 15) is 4.79 Å². The number of hydrogen-bond acceptors (Lipinski definition) is 2. The molecule has 1 amide bonds. The molecule has 3 rings (SSSR count). The quantitative estimate of drug-likeness (QED) is 0.796. The van der Waals surface area contributed by atoms with Gasteiger partial charge in [0.05, 0.1) is 0 Å². The van der Waals surface area contributed by atoms with Gasteiger partial charge < -0.3 is 9.80 Å². The third kappa shape index (κ3) is 2.88. The zero-order valence-electron chi connectivity index (χ0n) is 13.8. The number of carbonyl (C=O) groups is 1. The molecule has 0 bridgehead atoms. The molecule has 0 saturated carbocycles. The van der Waals surface area contributed by atoms with Crippen LogP contribution < -0.4 is 9.80 Å². The average Bonchev–Trinajstić information content (AvgIpc) is 2.57. The molecule has 1 aliphatic rings. The summed E-state index contributed by atoms with van der Waals surface area (Å²) in [7, 11) is 2.07. The third-order valence-corrected chi connectivity index (χ3v) is 5.47. The van der Waals surface area contributed by atoms with E-state index in [2.05, 4.69) is 40.9 Å². The van der Waals surface area contributed by atoms with Crippen LogP contribution in [0, 0.1) is 6.92 Å². The number of anilines is 2. The SMILES string of the molecule is CCN(C)c1ccc2c(c1)CCN(c1cccc(Br)c1C)C2=O. The van der Waals surface area contributed by atoms with E-state index in [-0.39, 0.29) is 5.91 Å². The van der Waals surface area contributed by atoms with Gasteiger partial charge in [-0.3, -0.25) is 4.79 Å². The molecule has 1 aliphatic heterocycles. The van der Waals surface area contributed by atoms with Crippen LogP contribution in [-0.2, 0) is 6.42 Å². The van der Waals surface area contributed by atoms with Crippen molar-refractivity contribution in [2.24, 2.45) is 0 Å². The summed E-state index contributed by atoms with van der Waals surface area (Å²) in [4.78, 5) is 17.0. The summed E-state index contributed by atoms with van der Waals surface area (Å²) in [5, 5.41) is 0. The Balaban J connectivity index is 1.97. The molecular weight excluding hydrogens is 352 g/mol. The van der Waals surface area contributed by atoms with E-state index in [1.807, 2.05) is 42.2 Å². The van der Waals surface area contributed by atoms with Crippen LogP contribution in [-0.4, -0.2) is 26.0 Å². The van der Waals surface area contributed by atoms with E-state index < -0.39 is 0 Å². The molecule has 0 atom stereocenters. The van der Waals surface area contributed by atoms with Gasteiger partial charge in [-0.15, -0.1) is 0 Å². The molecule has 2 aromatic carbocycles. The fourth-order valence-corrected chi connectivity index (χ4v) is 3.37. The Morgan fingerprint density at radius 1 is 1.26 bits per heavy atom. The van der Waals surface area contributed by atoms with Gasteiger partial charge in [-0.1, -0.05) is 22.0 Å². The maximum atomic E-state index is 12.9. The number of hydrogen-bond donors (Lipinski definition) is 0. The number of benzene rings is 2. The monoisotopic (exact) mass is 372 g/mol. The highest BCUT2D eigenvalue weighted by Gasteiger charge is 2.27. The Kier molecular flexibility index (Phi) is 4.44. The minimum Gasteiger partial charge on any atom is -0.375 e. The number of fused-ring (bicyclic) bond motifs is 1. The molecule has 0 unspecified atom stereocenters. The Bertz CT molecular complexity index is 757. The molecule has 2 aromatic rings. The minimum absolute atomic E-state index is 0.0955. The van der Waals surface area contributed by atoms with Gasteiger partial charge in [-0.25, -0.2) is 0 Å². The van der Waals surface area contributed by atoms with Gasteiger partial charge in [0.2, 0.25) is 0 Å². The maximum Gasteiger partial charge on any atom is 0.258 e. The molecule has 1 heterocycles. The van der Waals surface area contributed by atoms with E-state index in [1.165, 1.54) is 5.69 Å². The number of halogens is 1. The molecule has 23 heavy (non-hydrogen) atoms. The van der Waals surface area contributed by atoms with Crippen molar-refractivity contribution in [2.45, 2.75) is 20.3 Å². The normalized spacial score (nSPS) is 13.9. The Labute approximate surface area is 146 Å². The van der Waals surface area contributed by atoms with Crippen LogP contribution in [0.1, 0.15) is 28.4 Å². The van der Waals surface area contributed by atoms with E-state index in [0.29, 0.717) is 0 Å². The highest BCUT2D eigenvalue weighted by molar-refractivity contribution is 9.10. The lowest BCUT2D eigenvalue weighted by Gasteiger charge is -2.31. The standard InChI is InChI=1S/C19H21BrN2O/c1-4-21(3)15-8-9-16-14(12-15)10-11-22(19(16)23)18-7-5-6-17(20)13(18)2/h5-9,12H,4,10-11H2,1-3H3. The molecule has 0 aromatic heterocycles. The van der Waals surface area contributed by atoms with Crippen molar-refractivity contribution in [3.63, 3.8) is 0 Å². The molecule has 0 spiro atoms. The molecule has 0 aliphatic carbocycles. The largest absolute Gasteiger partial charge is 0.375 e. The van der Waals surface area contributed by atoms with Crippen LogP contribution in [0.4, 0.5) is 11.4 Å². The highest BCUT2D eigenvalue weighted by atomic mass is 79.9. The van der Waals surface area contributed by atoms with Crippen molar-refractivity contribution < 1.29 is 4.79 Å². The van der Waals surface area contributed by atoms with Crippen molar-refractivity contribution in [3.05, 3.63) is 57.6 Å². The van der Waals surface area contributed by atoms with Crippen molar-refractivity contribution in [1.82, 2.24) is 0 Å². The highest BCUT2D eigenvalue weighted by Crippen LogP contribution is 2.32. The van der Waals surface area contributed by atoms with Crippen molar-refractivity contribution >= 4 is 33.2 Å². The van der Waals surface area contributed by atoms with Crippen LogP contribution in [0.2, 0.25) is 0 Å². The molecular formula is C19H21BrN2O. The summed E-state index contributed by atoms with van der Waals surface area (Å²) in [6, 6.07) is 12.2. The van der Waals surface area contributed by atoms with Crippen molar-refractivity contribution in [2.75, 3.05) is 29.9 Å². The van der Waals surface area contributed by atoms with Gasteiger partial charge in [0, 0.05) is 41.5 Å². The topological polar surface area (TPSA) is 23.6 Å². The first-order valence-electron chi connectivity index (χ1n) is 7.94. The molecule has 0 N–H and O–H groups in total. The molecule has 0 saturated heterocycles. The molecule has 0 radical (unpaired) electrons. The second-order valence-corrected chi connectivity index (χ2v) is 6.80. The van der Waals surface area contributed by atoms with Crippen molar-refractivity contribution in [1.29, 1.82) is 0 Å². The summed E-state index contributed by atoms with van der Waals surface area (Å²) in [6.07, 6.45) is 0.887. The first-order chi connectivity index (χ1) is 11.0. The van der Waals surface area contributed by atoms with Gasteiger partial charge in [0.1, 0.15) is 0 Å². The number of amides is 1. The lowest BCUT2D eigenvalue weighted by molar-refractivity contribution is 0.0980. The fraction of sp³-hybridized carbons (Fsp3) is 0.316. The van der Waals surface area contributed by atoms with Crippen LogP contribution in [0.5, 0.6) is 0 Å². The van der Waals surface area contributed by atoms with Crippen LogP contribution in [0.3, 0.4) is 0 Å². The second kappa shape index (κ2) is 6.36. The summed E-state index contributed by atoms with van der Waals surface area (Å²) >= 11 is 3.55.